The summed E-state index contributed by atoms with van der Waals surface area (Å²) in [6.45, 7) is 3.90. The number of aryl methyl sites for hydroxylation is 1. The van der Waals surface area contributed by atoms with Crippen LogP contribution in [0.3, 0.4) is 0 Å². The van der Waals surface area contributed by atoms with Crippen molar-refractivity contribution in [3.05, 3.63) is 51.7 Å². The number of phenolic OH excluding ortho intramolecular Hbond substituents is 1. The van der Waals surface area contributed by atoms with Gasteiger partial charge >= 0.3 is 0 Å². The number of phenols is 1. The maximum atomic E-state index is 12.2. The van der Waals surface area contributed by atoms with Gasteiger partial charge in [-0.25, -0.2) is 0 Å². The first-order chi connectivity index (χ1) is 9.11. The van der Waals surface area contributed by atoms with Gasteiger partial charge in [-0.1, -0.05) is 19.1 Å². The normalized spacial score (nSPS) is 12.1. The van der Waals surface area contributed by atoms with Gasteiger partial charge in [-0.2, -0.15) is 0 Å². The monoisotopic (exact) mass is 275 g/mol. The van der Waals surface area contributed by atoms with Crippen molar-refractivity contribution < 1.29 is 9.90 Å². The van der Waals surface area contributed by atoms with Crippen LogP contribution in [0.2, 0.25) is 0 Å². The lowest BCUT2D eigenvalue weighted by Crippen LogP contribution is -2.27. The number of hydrogen-bond acceptors (Lipinski definition) is 3. The second kappa shape index (κ2) is 5.89. The summed E-state index contributed by atoms with van der Waals surface area (Å²) >= 11 is 1.62. The van der Waals surface area contributed by atoms with Gasteiger partial charge in [0, 0.05) is 4.88 Å². The first kappa shape index (κ1) is 13.6. The van der Waals surface area contributed by atoms with Crippen molar-refractivity contribution in [1.29, 1.82) is 0 Å². The molecule has 100 valence electrons. The van der Waals surface area contributed by atoms with E-state index in [4.69, 9.17) is 0 Å². The Labute approximate surface area is 116 Å². The van der Waals surface area contributed by atoms with Crippen molar-refractivity contribution in [2.75, 3.05) is 0 Å². The molecule has 2 rings (SSSR count). The number of amides is 1. The Bertz CT molecular complexity index is 564. The summed E-state index contributed by atoms with van der Waals surface area (Å²) < 4.78 is 0. The zero-order chi connectivity index (χ0) is 13.8. The molecular weight excluding hydrogens is 258 g/mol. The van der Waals surface area contributed by atoms with Crippen molar-refractivity contribution >= 4 is 17.2 Å². The number of nitrogens with one attached hydrogen (secondary N) is 1. The van der Waals surface area contributed by atoms with Crippen LogP contribution in [0.1, 0.15) is 40.2 Å². The third-order valence-electron chi connectivity index (χ3n) is 3.00. The Morgan fingerprint density at radius 1 is 1.42 bits per heavy atom. The van der Waals surface area contributed by atoms with Crippen LogP contribution in [0.4, 0.5) is 0 Å². The molecule has 19 heavy (non-hydrogen) atoms. The Kier molecular flexibility index (Phi) is 4.22. The van der Waals surface area contributed by atoms with Crippen LogP contribution in [-0.2, 0) is 0 Å². The third-order valence-corrected chi connectivity index (χ3v) is 3.98. The van der Waals surface area contributed by atoms with E-state index < -0.39 is 0 Å². The lowest BCUT2D eigenvalue weighted by atomic mass is 10.1. The lowest BCUT2D eigenvalue weighted by molar-refractivity contribution is 0.0933. The lowest BCUT2D eigenvalue weighted by Gasteiger charge is -2.16. The van der Waals surface area contributed by atoms with Crippen molar-refractivity contribution in [2.45, 2.75) is 26.3 Å². The fraction of sp³-hybridized carbons (Fsp3) is 0.267. The predicted molar refractivity (Wildman–Crippen MR) is 77.7 cm³/mol. The molecule has 0 fully saturated rings. The molecule has 0 aliphatic rings. The quantitative estimate of drug-likeness (QED) is 0.895. The minimum absolute atomic E-state index is 0.00629. The summed E-state index contributed by atoms with van der Waals surface area (Å²) in [5, 5.41) is 14.8. The van der Waals surface area contributed by atoms with Crippen molar-refractivity contribution in [2.24, 2.45) is 0 Å². The van der Waals surface area contributed by atoms with Gasteiger partial charge in [0.2, 0.25) is 0 Å². The number of carbonyl (C=O) groups excluding carboxylic acids is 1. The van der Waals surface area contributed by atoms with E-state index in [1.54, 1.807) is 23.5 Å². The number of thiophene rings is 1. The zero-order valence-corrected chi connectivity index (χ0v) is 11.8. The van der Waals surface area contributed by atoms with E-state index in [-0.39, 0.29) is 17.7 Å². The molecule has 0 radical (unpaired) electrons. The second-order valence-corrected chi connectivity index (χ2v) is 5.45. The standard InChI is InChI=1S/C15H17NO2S/c1-3-12(14-5-4-8-19-14)16-15(18)11-7-6-10(2)9-13(11)17/h4-9,12,17H,3H2,1-2H3,(H,16,18). The maximum Gasteiger partial charge on any atom is 0.255 e. The fourth-order valence-electron chi connectivity index (χ4n) is 1.93. The van der Waals surface area contributed by atoms with Gasteiger partial charge in [-0.3, -0.25) is 4.79 Å². The van der Waals surface area contributed by atoms with Gasteiger partial charge in [-0.05, 0) is 42.5 Å². The Morgan fingerprint density at radius 3 is 2.79 bits per heavy atom. The van der Waals surface area contributed by atoms with Crippen LogP contribution >= 0.6 is 11.3 Å². The summed E-state index contributed by atoms with van der Waals surface area (Å²) in [7, 11) is 0. The summed E-state index contributed by atoms with van der Waals surface area (Å²) in [6.07, 6.45) is 0.818. The minimum Gasteiger partial charge on any atom is -0.507 e. The van der Waals surface area contributed by atoms with E-state index in [0.29, 0.717) is 5.56 Å². The van der Waals surface area contributed by atoms with Gasteiger partial charge in [0.1, 0.15) is 5.75 Å². The topological polar surface area (TPSA) is 49.3 Å². The molecule has 0 spiro atoms. The molecule has 0 aliphatic carbocycles. The molecule has 1 aromatic heterocycles. The third kappa shape index (κ3) is 3.15. The van der Waals surface area contributed by atoms with Crippen LogP contribution in [0.25, 0.3) is 0 Å². The number of aromatic hydroxyl groups is 1. The average molecular weight is 275 g/mol. The van der Waals surface area contributed by atoms with Crippen molar-refractivity contribution in [3.63, 3.8) is 0 Å². The molecule has 1 heterocycles. The first-order valence-electron chi connectivity index (χ1n) is 6.25. The largest absolute Gasteiger partial charge is 0.507 e. The SMILES string of the molecule is CCC(NC(=O)c1ccc(C)cc1O)c1cccs1. The van der Waals surface area contributed by atoms with Gasteiger partial charge in [0.05, 0.1) is 11.6 Å². The van der Waals surface area contributed by atoms with Crippen LogP contribution in [0.5, 0.6) is 5.75 Å². The fourth-order valence-corrected chi connectivity index (χ4v) is 2.79. The highest BCUT2D eigenvalue weighted by Gasteiger charge is 2.17. The molecule has 1 atom stereocenters. The summed E-state index contributed by atoms with van der Waals surface area (Å²) in [6, 6.07) is 9.04. The Balaban J connectivity index is 2.16. The Hall–Kier alpha value is -1.81. The van der Waals surface area contributed by atoms with Gasteiger partial charge in [-0.15, -0.1) is 11.3 Å². The summed E-state index contributed by atoms with van der Waals surface area (Å²) in [4.78, 5) is 13.3. The molecule has 0 aliphatic heterocycles. The van der Waals surface area contributed by atoms with E-state index in [9.17, 15) is 9.90 Å². The van der Waals surface area contributed by atoms with Crippen molar-refractivity contribution in [1.82, 2.24) is 5.32 Å². The second-order valence-electron chi connectivity index (χ2n) is 4.47. The molecule has 0 saturated carbocycles. The molecule has 2 N–H and O–H groups in total. The molecule has 3 nitrogen and oxygen atoms in total. The highest BCUT2D eigenvalue weighted by molar-refractivity contribution is 7.10. The molecule has 0 saturated heterocycles. The van der Waals surface area contributed by atoms with Crippen LogP contribution in [-0.4, -0.2) is 11.0 Å². The van der Waals surface area contributed by atoms with Crippen LogP contribution in [0, 0.1) is 6.92 Å². The van der Waals surface area contributed by atoms with E-state index in [2.05, 4.69) is 5.32 Å². The molecule has 1 unspecified atom stereocenters. The first-order valence-corrected chi connectivity index (χ1v) is 7.13. The number of benzene rings is 1. The highest BCUT2D eigenvalue weighted by Crippen LogP contribution is 2.24. The predicted octanol–water partition coefficient (Wildman–Crippen LogP) is 3.64. The van der Waals surface area contributed by atoms with E-state index in [0.717, 1.165) is 16.9 Å². The number of hydrogen-bond donors (Lipinski definition) is 2. The molecule has 0 bridgehead atoms. The molecule has 2 aromatic rings. The van der Waals surface area contributed by atoms with Crippen molar-refractivity contribution in [3.8, 4) is 5.75 Å². The van der Waals surface area contributed by atoms with Gasteiger partial charge < -0.3 is 10.4 Å². The maximum absolute atomic E-state index is 12.2. The van der Waals surface area contributed by atoms with Crippen LogP contribution < -0.4 is 5.32 Å². The highest BCUT2D eigenvalue weighted by atomic mass is 32.1. The smallest absolute Gasteiger partial charge is 0.255 e. The van der Waals surface area contributed by atoms with Crippen LogP contribution in [0.15, 0.2) is 35.7 Å². The van der Waals surface area contributed by atoms with E-state index in [1.165, 1.54) is 0 Å². The van der Waals surface area contributed by atoms with E-state index in [1.807, 2.05) is 37.4 Å². The molecule has 1 aromatic carbocycles. The Morgan fingerprint density at radius 2 is 2.21 bits per heavy atom. The van der Waals surface area contributed by atoms with E-state index >= 15 is 0 Å². The number of carbonyl (C=O) groups is 1. The molecule has 4 heteroatoms. The number of rotatable bonds is 4. The van der Waals surface area contributed by atoms with Gasteiger partial charge in [0.25, 0.3) is 5.91 Å². The molecular formula is C15H17NO2S. The summed E-state index contributed by atoms with van der Waals surface area (Å²) in [5.41, 5.74) is 1.25. The average Bonchev–Trinajstić information content (AvgIpc) is 2.89. The zero-order valence-electron chi connectivity index (χ0n) is 11.0. The van der Waals surface area contributed by atoms with Gasteiger partial charge in [0.15, 0.2) is 0 Å². The minimum atomic E-state index is -0.238. The molecule has 1 amide bonds. The summed E-state index contributed by atoms with van der Waals surface area (Å²) in [5.74, 6) is -0.212.